The van der Waals surface area contributed by atoms with Gasteiger partial charge in [0.15, 0.2) is 6.10 Å². The van der Waals surface area contributed by atoms with Gasteiger partial charge in [-0.15, -0.1) is 0 Å². The number of aliphatic hydroxyl groups excluding tert-OH is 1. The highest BCUT2D eigenvalue weighted by molar-refractivity contribution is 5.92. The van der Waals surface area contributed by atoms with E-state index in [1.807, 2.05) is 0 Å². The number of carbonyl (C=O) groups excluding carboxylic acids is 1. The van der Waals surface area contributed by atoms with Crippen LogP contribution in [0.15, 0.2) is 12.1 Å². The maximum atomic E-state index is 11.5. The van der Waals surface area contributed by atoms with E-state index in [9.17, 15) is 14.7 Å². The Balaban J connectivity index is 3.33. The van der Waals surface area contributed by atoms with E-state index in [1.165, 1.54) is 13.2 Å². The number of ether oxygens (including phenoxy) is 1. The fourth-order valence-electron chi connectivity index (χ4n) is 1.51. The van der Waals surface area contributed by atoms with Crippen molar-refractivity contribution in [1.29, 1.82) is 0 Å². The van der Waals surface area contributed by atoms with Crippen molar-refractivity contribution in [2.75, 3.05) is 7.11 Å². The topological polar surface area (TPSA) is 83.8 Å². The third kappa shape index (κ3) is 2.62. The molecule has 0 aromatic heterocycles. The van der Waals surface area contributed by atoms with E-state index < -0.39 is 18.0 Å². The molecule has 1 unspecified atom stereocenters. The normalized spacial score (nSPS) is 12.0. The van der Waals surface area contributed by atoms with Crippen molar-refractivity contribution in [2.24, 2.45) is 0 Å². The molecular weight excluding hydrogens is 224 g/mol. The summed E-state index contributed by atoms with van der Waals surface area (Å²) in [5.74, 6) is -1.91. The summed E-state index contributed by atoms with van der Waals surface area (Å²) in [7, 11) is 1.25. The number of aliphatic carboxylic acids is 1. The minimum atomic E-state index is -1.64. The van der Waals surface area contributed by atoms with Gasteiger partial charge in [-0.2, -0.15) is 0 Å². The molecule has 0 aliphatic rings. The van der Waals surface area contributed by atoms with Gasteiger partial charge in [-0.05, 0) is 36.6 Å². The average molecular weight is 238 g/mol. The van der Waals surface area contributed by atoms with Crippen LogP contribution >= 0.6 is 0 Å². The summed E-state index contributed by atoms with van der Waals surface area (Å²) in [4.78, 5) is 22.2. The summed E-state index contributed by atoms with van der Waals surface area (Å²) in [6, 6.07) is 2.88. The highest BCUT2D eigenvalue weighted by Gasteiger charge is 2.20. The largest absolute Gasteiger partial charge is 0.479 e. The Bertz CT molecular complexity index is 464. The zero-order valence-corrected chi connectivity index (χ0v) is 9.85. The van der Waals surface area contributed by atoms with Crippen LogP contribution in [0.5, 0.6) is 0 Å². The molecule has 92 valence electrons. The van der Waals surface area contributed by atoms with Crippen molar-refractivity contribution >= 4 is 11.9 Å². The Morgan fingerprint density at radius 3 is 2.35 bits per heavy atom. The predicted octanol–water partition coefficient (Wildman–Crippen LogP) is 1.21. The number of carbonyl (C=O) groups is 2. The van der Waals surface area contributed by atoms with Crippen molar-refractivity contribution in [2.45, 2.75) is 20.0 Å². The zero-order chi connectivity index (χ0) is 13.2. The molecule has 0 heterocycles. The highest BCUT2D eigenvalue weighted by atomic mass is 16.5. The quantitative estimate of drug-likeness (QED) is 0.773. The molecule has 0 saturated heterocycles. The van der Waals surface area contributed by atoms with E-state index in [2.05, 4.69) is 4.74 Å². The van der Waals surface area contributed by atoms with E-state index in [0.29, 0.717) is 5.56 Å². The number of carboxylic acid groups (broad SMARTS) is 1. The van der Waals surface area contributed by atoms with Gasteiger partial charge < -0.3 is 14.9 Å². The van der Waals surface area contributed by atoms with E-state index in [0.717, 1.165) is 5.56 Å². The van der Waals surface area contributed by atoms with Crippen LogP contribution in [-0.4, -0.2) is 29.3 Å². The van der Waals surface area contributed by atoms with Crippen molar-refractivity contribution in [1.82, 2.24) is 0 Å². The Kier molecular flexibility index (Phi) is 3.85. The van der Waals surface area contributed by atoms with Crippen LogP contribution < -0.4 is 0 Å². The van der Waals surface area contributed by atoms with Crippen LogP contribution in [0, 0.1) is 13.8 Å². The summed E-state index contributed by atoms with van der Waals surface area (Å²) in [6.45, 7) is 3.47. The minimum absolute atomic E-state index is 0.168. The standard InChI is InChI=1S/C12H14O5/c1-6-4-8(10(13)11(14)15)5-9(7(6)2)12(16)17-3/h4-5,10,13H,1-3H3,(H,14,15). The second-order valence-electron chi connectivity index (χ2n) is 3.74. The maximum Gasteiger partial charge on any atom is 0.338 e. The summed E-state index contributed by atoms with van der Waals surface area (Å²) < 4.78 is 4.60. The first-order valence-electron chi connectivity index (χ1n) is 4.98. The molecule has 0 radical (unpaired) electrons. The number of carboxylic acids is 1. The molecule has 0 amide bonds. The van der Waals surface area contributed by atoms with Gasteiger partial charge in [-0.1, -0.05) is 6.07 Å². The lowest BCUT2D eigenvalue weighted by Crippen LogP contribution is -2.13. The Hall–Kier alpha value is -1.88. The van der Waals surface area contributed by atoms with E-state index in [-0.39, 0.29) is 11.1 Å². The molecule has 1 rings (SSSR count). The smallest absolute Gasteiger partial charge is 0.338 e. The van der Waals surface area contributed by atoms with Crippen LogP contribution in [0.4, 0.5) is 0 Å². The van der Waals surface area contributed by atoms with Crippen LogP contribution in [-0.2, 0) is 9.53 Å². The van der Waals surface area contributed by atoms with Crippen molar-refractivity contribution in [3.63, 3.8) is 0 Å². The molecule has 0 fully saturated rings. The number of aryl methyl sites for hydroxylation is 1. The first-order chi connectivity index (χ1) is 7.88. The van der Waals surface area contributed by atoms with E-state index in [4.69, 9.17) is 5.11 Å². The van der Waals surface area contributed by atoms with Crippen molar-refractivity contribution in [3.05, 3.63) is 34.4 Å². The van der Waals surface area contributed by atoms with Gasteiger partial charge in [0.05, 0.1) is 12.7 Å². The minimum Gasteiger partial charge on any atom is -0.479 e. The average Bonchev–Trinajstić information content (AvgIpc) is 2.30. The fraction of sp³-hybridized carbons (Fsp3) is 0.333. The lowest BCUT2D eigenvalue weighted by atomic mass is 9.97. The fourth-order valence-corrected chi connectivity index (χ4v) is 1.51. The molecule has 0 aliphatic carbocycles. The number of aliphatic hydroxyl groups is 1. The van der Waals surface area contributed by atoms with Crippen LogP contribution in [0.25, 0.3) is 0 Å². The second-order valence-corrected chi connectivity index (χ2v) is 3.74. The second kappa shape index (κ2) is 4.97. The first kappa shape index (κ1) is 13.2. The molecule has 0 aliphatic heterocycles. The third-order valence-electron chi connectivity index (χ3n) is 2.64. The van der Waals surface area contributed by atoms with Gasteiger partial charge in [0.2, 0.25) is 0 Å². The number of rotatable bonds is 3. The number of methoxy groups -OCH3 is 1. The molecule has 1 aromatic carbocycles. The molecule has 5 heteroatoms. The van der Waals surface area contributed by atoms with Gasteiger partial charge >= 0.3 is 11.9 Å². The van der Waals surface area contributed by atoms with Gasteiger partial charge in [-0.25, -0.2) is 9.59 Å². The summed E-state index contributed by atoms with van der Waals surface area (Å²) in [6.07, 6.45) is -1.64. The molecule has 5 nitrogen and oxygen atoms in total. The van der Waals surface area contributed by atoms with Crippen LogP contribution in [0.1, 0.15) is 33.2 Å². The SMILES string of the molecule is COC(=O)c1cc(C(O)C(=O)O)cc(C)c1C. The Morgan fingerprint density at radius 2 is 1.88 bits per heavy atom. The van der Waals surface area contributed by atoms with Crippen molar-refractivity contribution in [3.8, 4) is 0 Å². The summed E-state index contributed by atoms with van der Waals surface area (Å²) in [5.41, 5.74) is 1.87. The van der Waals surface area contributed by atoms with Crippen LogP contribution in [0.2, 0.25) is 0 Å². The summed E-state index contributed by atoms with van der Waals surface area (Å²) in [5, 5.41) is 18.2. The molecule has 17 heavy (non-hydrogen) atoms. The summed E-state index contributed by atoms with van der Waals surface area (Å²) >= 11 is 0. The maximum absolute atomic E-state index is 11.5. The molecule has 0 bridgehead atoms. The molecular formula is C12H14O5. The molecule has 2 N–H and O–H groups in total. The third-order valence-corrected chi connectivity index (χ3v) is 2.64. The van der Waals surface area contributed by atoms with Crippen LogP contribution in [0.3, 0.4) is 0 Å². The molecule has 0 saturated carbocycles. The molecule has 1 atom stereocenters. The lowest BCUT2D eigenvalue weighted by molar-refractivity contribution is -0.146. The number of hydrogen-bond acceptors (Lipinski definition) is 4. The monoisotopic (exact) mass is 238 g/mol. The Morgan fingerprint density at radius 1 is 1.29 bits per heavy atom. The predicted molar refractivity (Wildman–Crippen MR) is 59.9 cm³/mol. The van der Waals surface area contributed by atoms with Crippen molar-refractivity contribution < 1.29 is 24.5 Å². The van der Waals surface area contributed by atoms with Gasteiger partial charge in [0.1, 0.15) is 0 Å². The van der Waals surface area contributed by atoms with E-state index >= 15 is 0 Å². The van der Waals surface area contributed by atoms with Gasteiger partial charge in [0.25, 0.3) is 0 Å². The molecule has 1 aromatic rings. The van der Waals surface area contributed by atoms with Gasteiger partial charge in [0, 0.05) is 0 Å². The molecule has 0 spiro atoms. The lowest BCUT2D eigenvalue weighted by Gasteiger charge is -2.12. The van der Waals surface area contributed by atoms with Gasteiger partial charge in [-0.3, -0.25) is 0 Å². The number of benzene rings is 1. The highest BCUT2D eigenvalue weighted by Crippen LogP contribution is 2.22. The number of esters is 1. The van der Waals surface area contributed by atoms with E-state index in [1.54, 1.807) is 19.9 Å². The first-order valence-corrected chi connectivity index (χ1v) is 4.98. The number of hydrogen-bond donors (Lipinski definition) is 2. The Labute approximate surface area is 98.6 Å². The zero-order valence-electron chi connectivity index (χ0n) is 9.85.